The van der Waals surface area contributed by atoms with Gasteiger partial charge in [0.15, 0.2) is 0 Å². The zero-order valence-electron chi connectivity index (χ0n) is 6.05. The molecule has 1 aromatic heterocycles. The van der Waals surface area contributed by atoms with Crippen molar-refractivity contribution in [1.82, 2.24) is 4.98 Å². The van der Waals surface area contributed by atoms with E-state index in [4.69, 9.17) is 17.3 Å². The van der Waals surface area contributed by atoms with Gasteiger partial charge in [0.2, 0.25) is 5.95 Å². The summed E-state index contributed by atoms with van der Waals surface area (Å²) in [4.78, 5) is 3.64. The van der Waals surface area contributed by atoms with Crippen LogP contribution in [0.3, 0.4) is 0 Å². The average molecular weight is 205 g/mol. The minimum Gasteiger partial charge on any atom is -0.393 e. The minimum absolute atomic E-state index is 0.189. The lowest BCUT2D eigenvalue weighted by Crippen LogP contribution is -2.12. The van der Waals surface area contributed by atoms with Crippen LogP contribution in [0.1, 0.15) is 5.56 Å². The maximum atomic E-state index is 12.8. The first-order valence-corrected chi connectivity index (χ1v) is 3.96. The summed E-state index contributed by atoms with van der Waals surface area (Å²) < 4.78 is 12.8. The summed E-state index contributed by atoms with van der Waals surface area (Å²) in [5.41, 5.74) is 5.57. The van der Waals surface area contributed by atoms with E-state index < -0.39 is 5.95 Å². The Bertz CT molecular complexity index is 316. The van der Waals surface area contributed by atoms with Gasteiger partial charge in [-0.25, -0.2) is 4.98 Å². The van der Waals surface area contributed by atoms with E-state index in [9.17, 15) is 4.39 Å². The molecule has 1 heterocycles. The van der Waals surface area contributed by atoms with Crippen molar-refractivity contribution in [3.63, 3.8) is 0 Å². The van der Waals surface area contributed by atoms with Crippen LogP contribution in [0.5, 0.6) is 0 Å². The molecular weight excluding hydrogens is 199 g/mol. The van der Waals surface area contributed by atoms with Gasteiger partial charge < -0.3 is 5.73 Å². The summed E-state index contributed by atoms with van der Waals surface area (Å²) in [6.45, 7) is 0. The number of thiocarbonyl (C=S) groups is 1. The number of aromatic nitrogens is 1. The fraction of sp³-hybridized carbons (Fsp3) is 0.143. The number of rotatable bonds is 2. The molecule has 1 aromatic rings. The molecule has 0 fully saturated rings. The number of hydrogen-bond acceptors (Lipinski definition) is 2. The van der Waals surface area contributed by atoms with Crippen LogP contribution in [-0.2, 0) is 6.42 Å². The first-order chi connectivity index (χ1) is 5.59. The van der Waals surface area contributed by atoms with Crippen molar-refractivity contribution in [2.75, 3.05) is 0 Å². The van der Waals surface area contributed by atoms with Crippen LogP contribution in [0.15, 0.2) is 12.3 Å². The van der Waals surface area contributed by atoms with Crippen molar-refractivity contribution >= 4 is 28.8 Å². The van der Waals surface area contributed by atoms with Crippen LogP contribution < -0.4 is 5.73 Å². The Balaban J connectivity index is 2.97. The molecule has 0 radical (unpaired) electrons. The Labute approximate surface area is 79.5 Å². The molecule has 0 bridgehead atoms. The van der Waals surface area contributed by atoms with Crippen molar-refractivity contribution in [2.45, 2.75) is 6.42 Å². The van der Waals surface area contributed by atoms with Crippen LogP contribution in [0.4, 0.5) is 4.39 Å². The van der Waals surface area contributed by atoms with Crippen molar-refractivity contribution in [3.05, 3.63) is 28.8 Å². The van der Waals surface area contributed by atoms with Crippen LogP contribution >= 0.6 is 23.8 Å². The molecule has 0 unspecified atom stereocenters. The Hall–Kier alpha value is -0.740. The molecule has 0 saturated carbocycles. The number of halogens is 2. The molecule has 5 heteroatoms. The fourth-order valence-electron chi connectivity index (χ4n) is 0.776. The number of pyridine rings is 1. The molecule has 1 rings (SSSR count). The lowest BCUT2D eigenvalue weighted by molar-refractivity contribution is 0.572. The molecule has 0 aliphatic heterocycles. The Morgan fingerprint density at radius 1 is 1.75 bits per heavy atom. The standard InChI is InChI=1S/C7H6ClFN2S/c8-5-1-4(2-6(10)12)7(9)11-3-5/h1,3H,2H2,(H2,10,12). The molecule has 0 atom stereocenters. The van der Waals surface area contributed by atoms with Gasteiger partial charge in [0.05, 0.1) is 10.0 Å². The van der Waals surface area contributed by atoms with Crippen LogP contribution in [0.2, 0.25) is 5.02 Å². The molecule has 0 amide bonds. The highest BCUT2D eigenvalue weighted by Crippen LogP contribution is 2.12. The second kappa shape index (κ2) is 3.78. The van der Waals surface area contributed by atoms with E-state index in [2.05, 4.69) is 17.2 Å². The van der Waals surface area contributed by atoms with Crippen molar-refractivity contribution in [1.29, 1.82) is 0 Å². The van der Waals surface area contributed by atoms with Gasteiger partial charge in [0.1, 0.15) is 0 Å². The summed E-state index contributed by atoms with van der Waals surface area (Å²) in [5.74, 6) is -0.577. The zero-order chi connectivity index (χ0) is 9.14. The first kappa shape index (κ1) is 9.35. The van der Waals surface area contributed by atoms with E-state index in [1.165, 1.54) is 12.3 Å². The third-order valence-electron chi connectivity index (χ3n) is 1.24. The van der Waals surface area contributed by atoms with Gasteiger partial charge in [-0.05, 0) is 6.07 Å². The van der Waals surface area contributed by atoms with E-state index in [-0.39, 0.29) is 11.4 Å². The molecule has 0 aliphatic carbocycles. The fourth-order valence-corrected chi connectivity index (χ4v) is 1.11. The second-order valence-corrected chi connectivity index (χ2v) is 3.21. The molecule has 12 heavy (non-hydrogen) atoms. The molecule has 2 N–H and O–H groups in total. The van der Waals surface area contributed by atoms with Crippen molar-refractivity contribution < 1.29 is 4.39 Å². The van der Waals surface area contributed by atoms with Gasteiger partial charge in [-0.1, -0.05) is 23.8 Å². The predicted molar refractivity (Wildman–Crippen MR) is 49.7 cm³/mol. The Morgan fingerprint density at radius 3 is 3.00 bits per heavy atom. The maximum absolute atomic E-state index is 12.8. The third-order valence-corrected chi connectivity index (χ3v) is 1.59. The summed E-state index contributed by atoms with van der Waals surface area (Å²) in [7, 11) is 0. The van der Waals surface area contributed by atoms with E-state index in [0.29, 0.717) is 10.6 Å². The van der Waals surface area contributed by atoms with E-state index >= 15 is 0 Å². The number of nitrogens with zero attached hydrogens (tertiary/aromatic N) is 1. The maximum Gasteiger partial charge on any atom is 0.216 e. The highest BCUT2D eigenvalue weighted by molar-refractivity contribution is 7.80. The molecule has 0 aliphatic rings. The third kappa shape index (κ3) is 2.39. The van der Waals surface area contributed by atoms with Crippen LogP contribution in [0.25, 0.3) is 0 Å². The molecule has 0 aromatic carbocycles. The van der Waals surface area contributed by atoms with E-state index in [1.807, 2.05) is 0 Å². The van der Waals surface area contributed by atoms with Gasteiger partial charge in [-0.2, -0.15) is 4.39 Å². The normalized spacial score (nSPS) is 9.83. The SMILES string of the molecule is NC(=S)Cc1cc(Cl)cnc1F. The summed E-state index contributed by atoms with van der Waals surface area (Å²) in [6.07, 6.45) is 1.43. The second-order valence-electron chi connectivity index (χ2n) is 2.25. The Kier molecular flexibility index (Phi) is 2.94. The zero-order valence-corrected chi connectivity index (χ0v) is 7.62. The van der Waals surface area contributed by atoms with Crippen molar-refractivity contribution in [3.8, 4) is 0 Å². The molecule has 2 nitrogen and oxygen atoms in total. The van der Waals surface area contributed by atoms with E-state index in [0.717, 1.165) is 0 Å². The largest absolute Gasteiger partial charge is 0.393 e. The van der Waals surface area contributed by atoms with Gasteiger partial charge in [0, 0.05) is 18.2 Å². The number of nitrogens with two attached hydrogens (primary N) is 1. The van der Waals surface area contributed by atoms with E-state index in [1.54, 1.807) is 0 Å². The topological polar surface area (TPSA) is 38.9 Å². The Morgan fingerprint density at radius 2 is 2.42 bits per heavy atom. The quantitative estimate of drug-likeness (QED) is 0.589. The minimum atomic E-state index is -0.577. The highest BCUT2D eigenvalue weighted by atomic mass is 35.5. The first-order valence-electron chi connectivity index (χ1n) is 3.18. The summed E-state index contributed by atoms with van der Waals surface area (Å²) in [6, 6.07) is 1.46. The van der Waals surface area contributed by atoms with Crippen molar-refractivity contribution in [2.24, 2.45) is 5.73 Å². The lowest BCUT2D eigenvalue weighted by atomic mass is 10.2. The smallest absolute Gasteiger partial charge is 0.216 e. The molecule has 64 valence electrons. The van der Waals surface area contributed by atoms with Crippen LogP contribution in [0, 0.1) is 5.95 Å². The molecular formula is C7H6ClFN2S. The lowest BCUT2D eigenvalue weighted by Gasteiger charge is -2.00. The highest BCUT2D eigenvalue weighted by Gasteiger charge is 2.04. The monoisotopic (exact) mass is 204 g/mol. The molecule has 0 saturated heterocycles. The van der Waals surface area contributed by atoms with Gasteiger partial charge in [-0.3, -0.25) is 0 Å². The predicted octanol–water partition coefficient (Wildman–Crippen LogP) is 1.70. The molecule has 0 spiro atoms. The van der Waals surface area contributed by atoms with Crippen LogP contribution in [-0.4, -0.2) is 9.97 Å². The van der Waals surface area contributed by atoms with Gasteiger partial charge >= 0.3 is 0 Å². The summed E-state index contributed by atoms with van der Waals surface area (Å²) >= 11 is 10.2. The average Bonchev–Trinajstić information content (AvgIpc) is 1.96. The van der Waals surface area contributed by atoms with Gasteiger partial charge in [-0.15, -0.1) is 0 Å². The summed E-state index contributed by atoms with van der Waals surface area (Å²) in [5, 5.41) is 0.377. The number of hydrogen-bond donors (Lipinski definition) is 1. The van der Waals surface area contributed by atoms with Gasteiger partial charge in [0.25, 0.3) is 0 Å².